The molecule has 0 saturated heterocycles. The zero-order valence-corrected chi connectivity index (χ0v) is 14.4. The number of thiol groups is 1. The third kappa shape index (κ3) is 4.79. The fourth-order valence-electron chi connectivity index (χ4n) is 1.76. The quantitative estimate of drug-likeness (QED) is 0.678. The van der Waals surface area contributed by atoms with Crippen LogP contribution >= 0.6 is 36.0 Å². The number of urea groups is 1. The molecule has 5 nitrogen and oxygen atoms in total. The first-order chi connectivity index (χ1) is 10.9. The maximum atomic E-state index is 12.2. The summed E-state index contributed by atoms with van der Waals surface area (Å²) in [5.41, 5.74) is 1.67. The van der Waals surface area contributed by atoms with Crippen molar-refractivity contribution in [3.8, 4) is 0 Å². The van der Waals surface area contributed by atoms with Crippen molar-refractivity contribution in [3.05, 3.63) is 52.5 Å². The van der Waals surface area contributed by atoms with Crippen molar-refractivity contribution in [1.82, 2.24) is 0 Å². The van der Waals surface area contributed by atoms with Crippen LogP contribution in [-0.2, 0) is 4.79 Å². The number of carbonyl (C=O) groups is 2. The highest BCUT2D eigenvalue weighted by atomic mass is 35.5. The van der Waals surface area contributed by atoms with Gasteiger partial charge in [0, 0.05) is 18.3 Å². The van der Waals surface area contributed by atoms with Crippen LogP contribution in [0.15, 0.2) is 42.5 Å². The Labute approximate surface area is 149 Å². The summed E-state index contributed by atoms with van der Waals surface area (Å²) in [6, 6.07) is 11.0. The van der Waals surface area contributed by atoms with Crippen LogP contribution in [-0.4, -0.2) is 11.9 Å². The number of amides is 3. The van der Waals surface area contributed by atoms with Gasteiger partial charge in [-0.25, -0.2) is 9.10 Å². The van der Waals surface area contributed by atoms with E-state index in [2.05, 4.69) is 23.4 Å². The van der Waals surface area contributed by atoms with Crippen LogP contribution in [0.5, 0.6) is 0 Å². The number of benzene rings is 2. The Balaban J connectivity index is 2.06. The molecule has 120 valence electrons. The Kier molecular flexibility index (Phi) is 5.76. The van der Waals surface area contributed by atoms with Crippen LogP contribution < -0.4 is 14.9 Å². The first-order valence-corrected chi connectivity index (χ1v) is 7.65. The maximum absolute atomic E-state index is 12.2. The van der Waals surface area contributed by atoms with Crippen LogP contribution in [0.25, 0.3) is 0 Å². The molecular weight excluding hydrogens is 357 g/mol. The molecule has 2 N–H and O–H groups in total. The van der Waals surface area contributed by atoms with E-state index in [1.807, 2.05) is 0 Å². The third-order valence-corrected chi connectivity index (χ3v) is 3.95. The van der Waals surface area contributed by atoms with Gasteiger partial charge in [0.2, 0.25) is 5.91 Å². The van der Waals surface area contributed by atoms with E-state index >= 15 is 0 Å². The molecule has 0 radical (unpaired) electrons. The van der Waals surface area contributed by atoms with E-state index in [1.165, 1.54) is 6.92 Å². The Bertz CT molecular complexity index is 738. The van der Waals surface area contributed by atoms with Gasteiger partial charge < -0.3 is 10.6 Å². The van der Waals surface area contributed by atoms with Gasteiger partial charge in [-0.2, -0.15) is 0 Å². The lowest BCUT2D eigenvalue weighted by molar-refractivity contribution is -0.114. The fourth-order valence-corrected chi connectivity index (χ4v) is 2.24. The monoisotopic (exact) mass is 369 g/mol. The van der Waals surface area contributed by atoms with Crippen LogP contribution in [0.3, 0.4) is 0 Å². The summed E-state index contributed by atoms with van der Waals surface area (Å²) in [6.45, 7) is 1.42. The second kappa shape index (κ2) is 7.59. The molecule has 0 spiro atoms. The van der Waals surface area contributed by atoms with E-state index in [4.69, 9.17) is 23.2 Å². The summed E-state index contributed by atoms with van der Waals surface area (Å²) in [6.07, 6.45) is 0. The van der Waals surface area contributed by atoms with Crippen molar-refractivity contribution in [3.63, 3.8) is 0 Å². The average Bonchev–Trinajstić information content (AvgIpc) is 2.50. The molecule has 0 atom stereocenters. The second-order valence-electron chi connectivity index (χ2n) is 4.60. The van der Waals surface area contributed by atoms with Crippen molar-refractivity contribution < 1.29 is 9.59 Å². The number of halogens is 2. The molecule has 2 aromatic rings. The normalized spacial score (nSPS) is 10.1. The number of anilines is 3. The molecule has 0 fully saturated rings. The lowest BCUT2D eigenvalue weighted by Gasteiger charge is -2.17. The molecule has 8 heteroatoms. The van der Waals surface area contributed by atoms with E-state index in [9.17, 15) is 9.59 Å². The molecule has 0 aliphatic carbocycles. The largest absolute Gasteiger partial charge is 0.336 e. The van der Waals surface area contributed by atoms with Crippen molar-refractivity contribution in [2.45, 2.75) is 6.92 Å². The van der Waals surface area contributed by atoms with Crippen LogP contribution in [0.4, 0.5) is 21.9 Å². The van der Waals surface area contributed by atoms with Gasteiger partial charge >= 0.3 is 6.03 Å². The van der Waals surface area contributed by atoms with Gasteiger partial charge in [0.05, 0.1) is 15.7 Å². The summed E-state index contributed by atoms with van der Waals surface area (Å²) in [5.74, 6) is -0.169. The molecule has 0 unspecified atom stereocenters. The molecule has 0 saturated carbocycles. The standard InChI is InChI=1S/C15H13Cl2N3O2S/c1-9(21)18-10-2-5-12(6-3-10)20(23)15(22)19-11-4-7-13(16)14(17)8-11/h2-8,23H,1H3,(H,18,21)(H,19,22). The highest BCUT2D eigenvalue weighted by Gasteiger charge is 2.13. The zero-order chi connectivity index (χ0) is 17.0. The van der Waals surface area contributed by atoms with Crippen molar-refractivity contribution in [1.29, 1.82) is 0 Å². The van der Waals surface area contributed by atoms with Crippen molar-refractivity contribution >= 4 is 65.0 Å². The predicted octanol–water partition coefficient (Wildman–Crippen LogP) is 4.84. The summed E-state index contributed by atoms with van der Waals surface area (Å²) in [4.78, 5) is 23.1. The smallest absolute Gasteiger partial charge is 0.326 e. The number of nitrogens with zero attached hydrogens (tertiary/aromatic N) is 1. The van der Waals surface area contributed by atoms with Gasteiger partial charge in [0.25, 0.3) is 0 Å². The van der Waals surface area contributed by atoms with Crippen LogP contribution in [0.2, 0.25) is 10.0 Å². The van der Waals surface area contributed by atoms with Crippen molar-refractivity contribution in [2.75, 3.05) is 14.9 Å². The van der Waals surface area contributed by atoms with Crippen LogP contribution in [0, 0.1) is 0 Å². The van der Waals surface area contributed by atoms with Gasteiger partial charge in [-0.3, -0.25) is 4.79 Å². The topological polar surface area (TPSA) is 61.4 Å². The highest BCUT2D eigenvalue weighted by molar-refractivity contribution is 7.82. The summed E-state index contributed by atoms with van der Waals surface area (Å²) < 4.78 is 1.14. The first kappa shape index (κ1) is 17.5. The minimum absolute atomic E-state index is 0.169. The Hall–Kier alpha value is -1.89. The number of carbonyl (C=O) groups excluding carboxylic acids is 2. The Morgan fingerprint density at radius 1 is 0.957 bits per heavy atom. The predicted molar refractivity (Wildman–Crippen MR) is 97.7 cm³/mol. The van der Waals surface area contributed by atoms with E-state index in [1.54, 1.807) is 42.5 Å². The highest BCUT2D eigenvalue weighted by Crippen LogP contribution is 2.26. The summed E-state index contributed by atoms with van der Waals surface area (Å²) >= 11 is 15.9. The third-order valence-electron chi connectivity index (χ3n) is 2.80. The van der Waals surface area contributed by atoms with Gasteiger partial charge in [-0.05, 0) is 42.5 Å². The minimum atomic E-state index is -0.459. The molecule has 0 aliphatic heterocycles. The molecule has 3 amide bonds. The van der Waals surface area contributed by atoms with Crippen LogP contribution in [0.1, 0.15) is 6.92 Å². The number of nitrogens with one attached hydrogen (secondary N) is 2. The molecule has 2 rings (SSSR count). The molecule has 0 aliphatic rings. The molecule has 2 aromatic carbocycles. The zero-order valence-electron chi connectivity index (χ0n) is 12.0. The van der Waals surface area contributed by atoms with Gasteiger partial charge in [-0.15, -0.1) is 0 Å². The molecule has 23 heavy (non-hydrogen) atoms. The van der Waals surface area contributed by atoms with E-state index in [0.29, 0.717) is 27.1 Å². The lowest BCUT2D eigenvalue weighted by atomic mass is 10.3. The maximum Gasteiger partial charge on any atom is 0.336 e. The number of rotatable bonds is 3. The van der Waals surface area contributed by atoms with Gasteiger partial charge in [0.1, 0.15) is 0 Å². The second-order valence-corrected chi connectivity index (χ2v) is 5.81. The minimum Gasteiger partial charge on any atom is -0.326 e. The SMILES string of the molecule is CC(=O)Nc1ccc(N(S)C(=O)Nc2ccc(Cl)c(Cl)c2)cc1. The summed E-state index contributed by atoms with van der Waals surface area (Å²) in [5, 5.41) is 6.04. The average molecular weight is 370 g/mol. The molecule has 0 bridgehead atoms. The van der Waals surface area contributed by atoms with E-state index in [0.717, 1.165) is 4.31 Å². The number of hydrogen-bond donors (Lipinski definition) is 3. The van der Waals surface area contributed by atoms with Gasteiger partial charge in [0.15, 0.2) is 0 Å². The van der Waals surface area contributed by atoms with Crippen molar-refractivity contribution in [2.24, 2.45) is 0 Å². The van der Waals surface area contributed by atoms with E-state index in [-0.39, 0.29) is 5.91 Å². The molecular formula is C15H13Cl2N3O2S. The van der Waals surface area contributed by atoms with E-state index < -0.39 is 6.03 Å². The Morgan fingerprint density at radius 3 is 2.13 bits per heavy atom. The summed E-state index contributed by atoms with van der Waals surface area (Å²) in [7, 11) is 0. The fraction of sp³-hybridized carbons (Fsp3) is 0.0667. The Morgan fingerprint density at radius 2 is 1.57 bits per heavy atom. The van der Waals surface area contributed by atoms with Gasteiger partial charge in [-0.1, -0.05) is 36.0 Å². The molecule has 0 heterocycles. The lowest BCUT2D eigenvalue weighted by Crippen LogP contribution is -2.26. The molecule has 0 aromatic heterocycles. The number of hydrogen-bond acceptors (Lipinski definition) is 3. The first-order valence-electron chi connectivity index (χ1n) is 6.49.